The maximum Gasteiger partial charge on any atom is 0.224 e. The Morgan fingerprint density at radius 2 is 1.82 bits per heavy atom. The van der Waals surface area contributed by atoms with Crippen molar-refractivity contribution in [3.05, 3.63) is 0 Å². The summed E-state index contributed by atoms with van der Waals surface area (Å²) in [4.78, 5) is 17.5. The first-order valence-electron chi connectivity index (χ1n) is 8.88. The van der Waals surface area contributed by atoms with Gasteiger partial charge in [0.05, 0.1) is 13.2 Å². The number of amides is 1. The summed E-state index contributed by atoms with van der Waals surface area (Å²) in [6, 6.07) is 0. The molecular formula is C17H31N3O2. The van der Waals surface area contributed by atoms with Crippen LogP contribution in [0.1, 0.15) is 45.4 Å². The third-order valence-electron chi connectivity index (χ3n) is 6.10. The maximum absolute atomic E-state index is 12.9. The fraction of sp³-hybridized carbons (Fsp3) is 0.941. The molecule has 2 aliphatic heterocycles. The van der Waals surface area contributed by atoms with Crippen LogP contribution in [-0.4, -0.2) is 67.2 Å². The van der Waals surface area contributed by atoms with Gasteiger partial charge in [-0.3, -0.25) is 9.69 Å². The van der Waals surface area contributed by atoms with E-state index in [-0.39, 0.29) is 11.0 Å². The van der Waals surface area contributed by atoms with Crippen molar-refractivity contribution < 1.29 is 9.53 Å². The number of rotatable bonds is 4. The molecular weight excluding hydrogens is 278 g/mol. The van der Waals surface area contributed by atoms with E-state index in [1.165, 1.54) is 25.7 Å². The molecule has 0 aromatic heterocycles. The van der Waals surface area contributed by atoms with Gasteiger partial charge >= 0.3 is 0 Å². The van der Waals surface area contributed by atoms with E-state index in [4.69, 9.17) is 10.5 Å². The van der Waals surface area contributed by atoms with Crippen LogP contribution >= 0.6 is 0 Å². The molecule has 2 N–H and O–H groups in total. The van der Waals surface area contributed by atoms with Crippen molar-refractivity contribution in [2.75, 3.05) is 45.9 Å². The number of hydrogen-bond acceptors (Lipinski definition) is 4. The monoisotopic (exact) mass is 309 g/mol. The zero-order chi connectivity index (χ0) is 15.6. The molecule has 3 fully saturated rings. The summed E-state index contributed by atoms with van der Waals surface area (Å²) < 4.78 is 5.50. The first kappa shape index (κ1) is 16.2. The molecule has 2 heterocycles. The van der Waals surface area contributed by atoms with Crippen molar-refractivity contribution in [3.8, 4) is 0 Å². The summed E-state index contributed by atoms with van der Waals surface area (Å²) >= 11 is 0. The van der Waals surface area contributed by atoms with E-state index < -0.39 is 0 Å². The minimum Gasteiger partial charge on any atom is -0.379 e. The van der Waals surface area contributed by atoms with Crippen LogP contribution in [0.4, 0.5) is 0 Å². The lowest BCUT2D eigenvalue weighted by atomic mass is 9.89. The number of hydrogen-bond donors (Lipinski definition) is 1. The normalized spacial score (nSPS) is 32.5. The van der Waals surface area contributed by atoms with Gasteiger partial charge < -0.3 is 15.4 Å². The largest absolute Gasteiger partial charge is 0.379 e. The summed E-state index contributed by atoms with van der Waals surface area (Å²) in [6.45, 7) is 8.17. The second-order valence-corrected chi connectivity index (χ2v) is 7.79. The highest BCUT2D eigenvalue weighted by atomic mass is 16.5. The van der Waals surface area contributed by atoms with Gasteiger partial charge in [-0.15, -0.1) is 0 Å². The van der Waals surface area contributed by atoms with Crippen LogP contribution in [0.2, 0.25) is 0 Å². The Balaban J connectivity index is 1.65. The van der Waals surface area contributed by atoms with Gasteiger partial charge in [0.2, 0.25) is 5.91 Å². The molecule has 22 heavy (non-hydrogen) atoms. The maximum atomic E-state index is 12.9. The molecule has 5 nitrogen and oxygen atoms in total. The predicted molar refractivity (Wildman–Crippen MR) is 86.6 cm³/mol. The molecule has 1 atom stereocenters. The van der Waals surface area contributed by atoms with Crippen molar-refractivity contribution in [2.45, 2.75) is 51.0 Å². The molecule has 1 unspecified atom stereocenters. The van der Waals surface area contributed by atoms with Gasteiger partial charge in [0.1, 0.15) is 0 Å². The molecule has 0 aromatic rings. The van der Waals surface area contributed by atoms with E-state index in [9.17, 15) is 4.79 Å². The zero-order valence-corrected chi connectivity index (χ0v) is 14.0. The Bertz CT molecular complexity index is 403. The van der Waals surface area contributed by atoms with E-state index in [1.807, 2.05) is 0 Å². The number of nitrogens with two attached hydrogens (primary N) is 1. The van der Waals surface area contributed by atoms with Crippen LogP contribution in [0.3, 0.4) is 0 Å². The van der Waals surface area contributed by atoms with E-state index >= 15 is 0 Å². The molecule has 0 bridgehead atoms. The van der Waals surface area contributed by atoms with E-state index in [0.717, 1.165) is 45.8 Å². The molecule has 0 radical (unpaired) electrons. The van der Waals surface area contributed by atoms with Gasteiger partial charge in [0.15, 0.2) is 0 Å². The molecule has 2 saturated heterocycles. The van der Waals surface area contributed by atoms with E-state index in [0.29, 0.717) is 18.9 Å². The standard InChI is InChI=1S/C17H31N3O2/c1-16(13-18)6-7-19(14-16)15(21)12-17(4-2-3-5-17)20-8-10-22-11-9-20/h2-14,18H2,1H3. The first-order chi connectivity index (χ1) is 10.6. The minimum absolute atomic E-state index is 0.0998. The smallest absolute Gasteiger partial charge is 0.224 e. The Kier molecular flexibility index (Phi) is 4.76. The van der Waals surface area contributed by atoms with Gasteiger partial charge in [-0.1, -0.05) is 19.8 Å². The molecule has 1 saturated carbocycles. The number of nitrogens with zero attached hydrogens (tertiary/aromatic N) is 2. The fourth-order valence-electron chi connectivity index (χ4n) is 4.47. The number of ether oxygens (including phenoxy) is 1. The second kappa shape index (κ2) is 6.46. The molecule has 3 rings (SSSR count). The lowest BCUT2D eigenvalue weighted by Gasteiger charge is -2.43. The second-order valence-electron chi connectivity index (χ2n) is 7.79. The molecule has 1 amide bonds. The SMILES string of the molecule is CC1(CN)CCN(C(=O)CC2(N3CCOCC3)CCCC2)C1. The van der Waals surface area contributed by atoms with Crippen LogP contribution in [0, 0.1) is 5.41 Å². The van der Waals surface area contributed by atoms with Gasteiger partial charge in [0, 0.05) is 38.1 Å². The summed E-state index contributed by atoms with van der Waals surface area (Å²) in [7, 11) is 0. The zero-order valence-electron chi connectivity index (χ0n) is 14.0. The molecule has 1 aliphatic carbocycles. The van der Waals surface area contributed by atoms with Crippen molar-refractivity contribution in [2.24, 2.45) is 11.1 Å². The van der Waals surface area contributed by atoms with Crippen LogP contribution in [0.15, 0.2) is 0 Å². The van der Waals surface area contributed by atoms with Crippen LogP contribution in [0.5, 0.6) is 0 Å². The Hall–Kier alpha value is -0.650. The van der Waals surface area contributed by atoms with E-state index in [2.05, 4.69) is 16.7 Å². The molecule has 126 valence electrons. The molecule has 0 spiro atoms. The average Bonchev–Trinajstić information content (AvgIpc) is 3.17. The van der Waals surface area contributed by atoms with Crippen LogP contribution in [-0.2, 0) is 9.53 Å². The summed E-state index contributed by atoms with van der Waals surface area (Å²) in [5.74, 6) is 0.338. The Morgan fingerprint density at radius 1 is 1.14 bits per heavy atom. The van der Waals surface area contributed by atoms with Crippen molar-refractivity contribution in [1.29, 1.82) is 0 Å². The van der Waals surface area contributed by atoms with Gasteiger partial charge in [-0.2, -0.15) is 0 Å². The summed E-state index contributed by atoms with van der Waals surface area (Å²) in [5.41, 5.74) is 6.10. The number of morpholine rings is 1. The van der Waals surface area contributed by atoms with E-state index in [1.54, 1.807) is 0 Å². The Morgan fingerprint density at radius 3 is 2.41 bits per heavy atom. The van der Waals surface area contributed by atoms with Crippen molar-refractivity contribution in [1.82, 2.24) is 9.80 Å². The quantitative estimate of drug-likeness (QED) is 0.848. The van der Waals surface area contributed by atoms with Crippen molar-refractivity contribution >= 4 is 5.91 Å². The lowest BCUT2D eigenvalue weighted by molar-refractivity contribution is -0.135. The highest BCUT2D eigenvalue weighted by Crippen LogP contribution is 2.40. The third-order valence-corrected chi connectivity index (χ3v) is 6.10. The highest BCUT2D eigenvalue weighted by molar-refractivity contribution is 5.78. The third kappa shape index (κ3) is 3.17. The van der Waals surface area contributed by atoms with Crippen LogP contribution < -0.4 is 5.73 Å². The Labute approximate surface area is 134 Å². The fourth-order valence-corrected chi connectivity index (χ4v) is 4.47. The highest BCUT2D eigenvalue weighted by Gasteiger charge is 2.44. The number of carbonyl (C=O) groups is 1. The molecule has 3 aliphatic rings. The van der Waals surface area contributed by atoms with Gasteiger partial charge in [-0.25, -0.2) is 0 Å². The summed E-state index contributed by atoms with van der Waals surface area (Å²) in [5, 5.41) is 0. The van der Waals surface area contributed by atoms with Crippen molar-refractivity contribution in [3.63, 3.8) is 0 Å². The average molecular weight is 309 g/mol. The lowest BCUT2D eigenvalue weighted by Crippen LogP contribution is -2.54. The predicted octanol–water partition coefficient (Wildman–Crippen LogP) is 1.22. The molecule has 0 aromatic carbocycles. The van der Waals surface area contributed by atoms with Gasteiger partial charge in [0.25, 0.3) is 0 Å². The topological polar surface area (TPSA) is 58.8 Å². The molecule has 5 heteroatoms. The number of likely N-dealkylation sites (tertiary alicyclic amines) is 1. The minimum atomic E-state index is 0.0998. The first-order valence-corrected chi connectivity index (χ1v) is 8.88. The van der Waals surface area contributed by atoms with Crippen LogP contribution in [0.25, 0.3) is 0 Å². The van der Waals surface area contributed by atoms with Gasteiger partial charge in [-0.05, 0) is 31.2 Å². The summed E-state index contributed by atoms with van der Waals surface area (Å²) in [6.07, 6.45) is 6.57. The number of carbonyl (C=O) groups excluding carboxylic acids is 1.